The number of sulfonamides is 1. The maximum absolute atomic E-state index is 12.7. The zero-order valence-corrected chi connectivity index (χ0v) is 16.1. The summed E-state index contributed by atoms with van der Waals surface area (Å²) < 4.78 is 26.2. The molecular weight excluding hydrogens is 409 g/mol. The highest BCUT2D eigenvalue weighted by molar-refractivity contribution is 7.89. The number of nitrogens with zero attached hydrogens (tertiary/aromatic N) is 1. The maximum atomic E-state index is 12.7. The molecule has 2 aromatic rings. The van der Waals surface area contributed by atoms with Crippen LogP contribution in [0.5, 0.6) is 0 Å². The Morgan fingerprint density at radius 2 is 1.72 bits per heavy atom. The Morgan fingerprint density at radius 3 is 2.28 bits per heavy atom. The Labute approximate surface area is 160 Å². The van der Waals surface area contributed by atoms with E-state index in [0.29, 0.717) is 10.6 Å². The van der Waals surface area contributed by atoms with E-state index in [1.165, 1.54) is 31.3 Å². The van der Waals surface area contributed by atoms with E-state index in [4.69, 9.17) is 34.8 Å². The minimum atomic E-state index is -4.03. The lowest BCUT2D eigenvalue weighted by molar-refractivity contribution is -0.141. The van der Waals surface area contributed by atoms with Crippen molar-refractivity contribution in [3.05, 3.63) is 63.1 Å². The minimum Gasteiger partial charge on any atom is -0.480 e. The molecule has 0 spiro atoms. The molecule has 0 radical (unpaired) electrons. The second-order valence-electron chi connectivity index (χ2n) is 5.25. The van der Waals surface area contributed by atoms with Gasteiger partial charge in [-0.25, -0.2) is 8.42 Å². The van der Waals surface area contributed by atoms with Crippen LogP contribution in [0.25, 0.3) is 0 Å². The molecule has 0 saturated heterocycles. The fourth-order valence-corrected chi connectivity index (χ4v) is 4.06. The van der Waals surface area contributed by atoms with Crippen LogP contribution >= 0.6 is 34.8 Å². The van der Waals surface area contributed by atoms with Gasteiger partial charge in [0, 0.05) is 18.5 Å². The van der Waals surface area contributed by atoms with E-state index in [-0.39, 0.29) is 21.4 Å². The number of rotatable bonds is 6. The number of halogens is 3. The summed E-state index contributed by atoms with van der Waals surface area (Å²) in [6, 6.07) is 8.92. The second-order valence-corrected chi connectivity index (χ2v) is 8.47. The number of carbonyl (C=O) groups is 1. The Bertz CT molecular complexity index is 885. The van der Waals surface area contributed by atoms with Gasteiger partial charge in [0.1, 0.15) is 6.04 Å². The molecule has 5 nitrogen and oxygen atoms in total. The van der Waals surface area contributed by atoms with Gasteiger partial charge >= 0.3 is 5.97 Å². The number of hydrogen-bond donors (Lipinski definition) is 1. The molecule has 0 amide bonds. The quantitative estimate of drug-likeness (QED) is 0.764. The Morgan fingerprint density at radius 1 is 1.12 bits per heavy atom. The van der Waals surface area contributed by atoms with Crippen LogP contribution in [0.4, 0.5) is 0 Å². The highest BCUT2D eigenvalue weighted by atomic mass is 35.5. The van der Waals surface area contributed by atoms with E-state index in [2.05, 4.69) is 0 Å². The summed E-state index contributed by atoms with van der Waals surface area (Å²) in [5, 5.41) is 10.4. The van der Waals surface area contributed by atoms with Crippen LogP contribution in [0, 0.1) is 0 Å². The van der Waals surface area contributed by atoms with Crippen molar-refractivity contribution in [3.63, 3.8) is 0 Å². The van der Waals surface area contributed by atoms with E-state index < -0.39 is 22.0 Å². The third-order valence-corrected chi connectivity index (χ3v) is 6.65. The molecule has 1 N–H and O–H groups in total. The Kier molecular flexibility index (Phi) is 6.35. The van der Waals surface area contributed by atoms with Crippen molar-refractivity contribution < 1.29 is 18.3 Å². The highest BCUT2D eigenvalue weighted by Gasteiger charge is 2.33. The Balaban J connectivity index is 2.37. The highest BCUT2D eigenvalue weighted by Crippen LogP contribution is 2.28. The van der Waals surface area contributed by atoms with Crippen molar-refractivity contribution in [1.29, 1.82) is 0 Å². The van der Waals surface area contributed by atoms with E-state index in [9.17, 15) is 18.3 Å². The zero-order valence-electron chi connectivity index (χ0n) is 13.0. The molecule has 0 unspecified atom stereocenters. The summed E-state index contributed by atoms with van der Waals surface area (Å²) in [4.78, 5) is 11.6. The van der Waals surface area contributed by atoms with Crippen molar-refractivity contribution in [2.24, 2.45) is 0 Å². The van der Waals surface area contributed by atoms with Gasteiger partial charge in [0.25, 0.3) is 0 Å². The largest absolute Gasteiger partial charge is 0.480 e. The summed E-state index contributed by atoms with van der Waals surface area (Å²) in [7, 11) is -2.82. The average molecular weight is 423 g/mol. The lowest BCUT2D eigenvalue weighted by Crippen LogP contribution is -2.43. The molecule has 134 valence electrons. The van der Waals surface area contributed by atoms with Crippen molar-refractivity contribution in [2.75, 3.05) is 7.05 Å². The number of benzene rings is 2. The molecule has 0 bridgehead atoms. The van der Waals surface area contributed by atoms with E-state index in [1.807, 2.05) is 0 Å². The average Bonchev–Trinajstić information content (AvgIpc) is 2.55. The first-order chi connectivity index (χ1) is 11.6. The zero-order chi connectivity index (χ0) is 18.8. The van der Waals surface area contributed by atoms with Crippen LogP contribution in [-0.2, 0) is 21.2 Å². The first-order valence-corrected chi connectivity index (χ1v) is 9.61. The topological polar surface area (TPSA) is 74.7 Å². The van der Waals surface area contributed by atoms with Crippen LogP contribution < -0.4 is 0 Å². The SMILES string of the molecule is CN([C@@H](Cc1cccc(Cl)c1Cl)C(=O)O)S(=O)(=O)c1ccc(Cl)cc1. The molecule has 9 heteroatoms. The van der Waals surface area contributed by atoms with E-state index in [1.54, 1.807) is 18.2 Å². The molecule has 0 saturated carbocycles. The van der Waals surface area contributed by atoms with Gasteiger partial charge in [-0.05, 0) is 35.9 Å². The summed E-state index contributed by atoms with van der Waals surface area (Å²) in [6.45, 7) is 0. The van der Waals surface area contributed by atoms with Gasteiger partial charge in [-0.2, -0.15) is 4.31 Å². The predicted octanol–water partition coefficient (Wildman–Crippen LogP) is 3.96. The van der Waals surface area contributed by atoms with Crippen molar-refractivity contribution in [3.8, 4) is 0 Å². The molecule has 1 atom stereocenters. The lowest BCUT2D eigenvalue weighted by atomic mass is 10.1. The fraction of sp³-hybridized carbons (Fsp3) is 0.188. The fourth-order valence-electron chi connectivity index (χ4n) is 2.23. The summed E-state index contributed by atoms with van der Waals surface area (Å²) >= 11 is 17.8. The van der Waals surface area contributed by atoms with Gasteiger partial charge < -0.3 is 5.11 Å². The number of hydrogen-bond acceptors (Lipinski definition) is 3. The third kappa shape index (κ3) is 4.46. The lowest BCUT2D eigenvalue weighted by Gasteiger charge is -2.24. The number of carboxylic acid groups (broad SMARTS) is 1. The van der Waals surface area contributed by atoms with Gasteiger partial charge in [0.15, 0.2) is 0 Å². The van der Waals surface area contributed by atoms with Crippen molar-refractivity contribution >= 4 is 50.8 Å². The molecule has 2 rings (SSSR count). The van der Waals surface area contributed by atoms with Crippen LogP contribution in [0.2, 0.25) is 15.1 Å². The van der Waals surface area contributed by atoms with Crippen LogP contribution in [0.15, 0.2) is 47.4 Å². The molecule has 0 aliphatic heterocycles. The number of aliphatic carboxylic acids is 1. The molecule has 25 heavy (non-hydrogen) atoms. The summed E-state index contributed by atoms with van der Waals surface area (Å²) in [5.74, 6) is -1.30. The van der Waals surface area contributed by atoms with Crippen LogP contribution in [0.1, 0.15) is 5.56 Å². The first-order valence-electron chi connectivity index (χ1n) is 7.04. The summed E-state index contributed by atoms with van der Waals surface area (Å²) in [6.07, 6.45) is -0.127. The molecular formula is C16H14Cl3NO4S. The maximum Gasteiger partial charge on any atom is 0.322 e. The van der Waals surface area contributed by atoms with Crippen molar-refractivity contribution in [2.45, 2.75) is 17.4 Å². The molecule has 0 aromatic heterocycles. The van der Waals surface area contributed by atoms with E-state index in [0.717, 1.165) is 4.31 Å². The molecule has 0 aliphatic carbocycles. The summed E-state index contributed by atoms with van der Waals surface area (Å²) in [5.41, 5.74) is 0.444. The number of carboxylic acids is 1. The van der Waals surface area contributed by atoms with Gasteiger partial charge in [-0.1, -0.05) is 46.9 Å². The Hall–Kier alpha value is -1.31. The van der Waals surface area contributed by atoms with Gasteiger partial charge in [0.2, 0.25) is 10.0 Å². The first kappa shape index (κ1) is 20.0. The van der Waals surface area contributed by atoms with Crippen molar-refractivity contribution in [1.82, 2.24) is 4.31 Å². The molecule has 0 fully saturated rings. The number of likely N-dealkylation sites (N-methyl/N-ethyl adjacent to an activating group) is 1. The van der Waals surface area contributed by atoms with Gasteiger partial charge in [-0.3, -0.25) is 4.79 Å². The molecule has 0 heterocycles. The minimum absolute atomic E-state index is 0.0529. The van der Waals surface area contributed by atoms with E-state index >= 15 is 0 Å². The van der Waals surface area contributed by atoms with Gasteiger partial charge in [0.05, 0.1) is 14.9 Å². The van der Waals surface area contributed by atoms with Crippen LogP contribution in [-0.4, -0.2) is 36.9 Å². The monoisotopic (exact) mass is 421 g/mol. The third-order valence-electron chi connectivity index (χ3n) is 3.66. The predicted molar refractivity (Wildman–Crippen MR) is 98.0 cm³/mol. The standard InChI is InChI=1S/C16H14Cl3NO4S/c1-20(25(23,24)12-7-5-11(17)6-8-12)14(16(21)22)9-10-3-2-4-13(18)15(10)19/h2-8,14H,9H2,1H3,(H,21,22)/t14-/m0/s1. The second kappa shape index (κ2) is 7.93. The smallest absolute Gasteiger partial charge is 0.322 e. The molecule has 2 aromatic carbocycles. The molecule has 0 aliphatic rings. The van der Waals surface area contributed by atoms with Gasteiger partial charge in [-0.15, -0.1) is 0 Å². The van der Waals surface area contributed by atoms with Crippen LogP contribution in [0.3, 0.4) is 0 Å². The normalized spacial score (nSPS) is 13.0.